The largest absolute Gasteiger partial charge is 0.505 e. The van der Waals surface area contributed by atoms with E-state index in [0.717, 1.165) is 25.7 Å². The van der Waals surface area contributed by atoms with Crippen LogP contribution in [0.1, 0.15) is 59.3 Å². The van der Waals surface area contributed by atoms with E-state index in [1.54, 1.807) is 20.8 Å². The van der Waals surface area contributed by atoms with Gasteiger partial charge in [-0.2, -0.15) is 4.89 Å². The maximum absolute atomic E-state index is 13.9. The first-order chi connectivity index (χ1) is 12.1. The number of halogens is 1. The minimum absolute atomic E-state index is 0.152. The second-order valence-electron chi connectivity index (χ2n) is 7.85. The van der Waals surface area contributed by atoms with Gasteiger partial charge in [-0.3, -0.25) is 10.1 Å². The highest BCUT2D eigenvalue weighted by Gasteiger charge is 2.29. The Bertz CT molecular complexity index is 496. The van der Waals surface area contributed by atoms with Crippen LogP contribution < -0.4 is 5.32 Å². The van der Waals surface area contributed by atoms with Crippen LogP contribution in [0.25, 0.3) is 0 Å². The van der Waals surface area contributed by atoms with Gasteiger partial charge in [-0.05, 0) is 56.9 Å². The van der Waals surface area contributed by atoms with Crippen molar-refractivity contribution in [1.29, 1.82) is 0 Å². The minimum Gasteiger partial charge on any atom is -0.427 e. The molecule has 1 saturated carbocycles. The number of alkyl halides is 1. The SMILES string of the molecule is CC(C)(C)C(=O)OCOC(=O)NC(F)CCC1CCCC(C[P+](=O)O)C1. The predicted molar refractivity (Wildman–Crippen MR) is 94.3 cm³/mol. The normalized spacial score (nSPS) is 22.3. The highest BCUT2D eigenvalue weighted by Crippen LogP contribution is 2.36. The molecule has 0 aromatic heterocycles. The summed E-state index contributed by atoms with van der Waals surface area (Å²) in [5, 5.41) is 2.07. The number of esters is 1. The Balaban J connectivity index is 2.21. The van der Waals surface area contributed by atoms with Gasteiger partial charge in [0.1, 0.15) is 0 Å². The predicted octanol–water partition coefficient (Wildman–Crippen LogP) is 3.88. The van der Waals surface area contributed by atoms with Crippen molar-refractivity contribution in [2.75, 3.05) is 13.0 Å². The van der Waals surface area contributed by atoms with Crippen molar-refractivity contribution in [3.05, 3.63) is 0 Å². The fraction of sp³-hybridized carbons (Fsp3) is 0.882. The van der Waals surface area contributed by atoms with E-state index in [4.69, 9.17) is 9.63 Å². The number of hydrogen-bond acceptors (Lipinski definition) is 5. The molecule has 2 N–H and O–H groups in total. The summed E-state index contributed by atoms with van der Waals surface area (Å²) in [4.78, 5) is 32.0. The van der Waals surface area contributed by atoms with Crippen LogP contribution >= 0.6 is 8.03 Å². The van der Waals surface area contributed by atoms with Crippen LogP contribution in [0.5, 0.6) is 0 Å². The topological polar surface area (TPSA) is 102 Å². The molecule has 1 aliphatic rings. The minimum atomic E-state index is -2.13. The quantitative estimate of drug-likeness (QED) is 0.280. The van der Waals surface area contributed by atoms with Crippen LogP contribution in [-0.4, -0.2) is 36.2 Å². The second-order valence-corrected chi connectivity index (χ2v) is 8.92. The van der Waals surface area contributed by atoms with E-state index in [1.165, 1.54) is 0 Å². The van der Waals surface area contributed by atoms with E-state index in [-0.39, 0.29) is 12.3 Å². The zero-order valence-electron chi connectivity index (χ0n) is 15.7. The number of amides is 1. The van der Waals surface area contributed by atoms with Crippen molar-refractivity contribution < 1.29 is 32.9 Å². The van der Waals surface area contributed by atoms with E-state index >= 15 is 0 Å². The van der Waals surface area contributed by atoms with Gasteiger partial charge in [-0.1, -0.05) is 12.8 Å². The molecule has 0 aliphatic heterocycles. The third-order valence-corrected chi connectivity index (χ3v) is 5.23. The molecule has 1 amide bonds. The molecule has 4 atom stereocenters. The monoisotopic (exact) mass is 394 g/mol. The van der Waals surface area contributed by atoms with Crippen molar-refractivity contribution in [3.63, 3.8) is 0 Å². The zero-order chi connectivity index (χ0) is 19.7. The van der Waals surface area contributed by atoms with Crippen molar-refractivity contribution in [3.8, 4) is 0 Å². The Morgan fingerprint density at radius 2 is 1.92 bits per heavy atom. The summed E-state index contributed by atoms with van der Waals surface area (Å²) in [7, 11) is -2.13. The van der Waals surface area contributed by atoms with Gasteiger partial charge < -0.3 is 9.47 Å². The number of alkyl carbamates (subject to hydrolysis) is 1. The van der Waals surface area contributed by atoms with Gasteiger partial charge >= 0.3 is 20.1 Å². The molecule has 4 unspecified atom stereocenters. The number of hydrogen-bond donors (Lipinski definition) is 2. The lowest BCUT2D eigenvalue weighted by Crippen LogP contribution is -2.34. The Labute approximate surface area is 154 Å². The van der Waals surface area contributed by atoms with Crippen LogP contribution in [0.2, 0.25) is 0 Å². The van der Waals surface area contributed by atoms with Crippen molar-refractivity contribution >= 4 is 20.1 Å². The van der Waals surface area contributed by atoms with Crippen molar-refractivity contribution in [1.82, 2.24) is 5.32 Å². The number of carbonyl (C=O) groups excluding carboxylic acids is 2. The van der Waals surface area contributed by atoms with Crippen LogP contribution in [-0.2, 0) is 18.8 Å². The summed E-state index contributed by atoms with van der Waals surface area (Å²) >= 11 is 0. The van der Waals surface area contributed by atoms with Gasteiger partial charge in [0.2, 0.25) is 6.79 Å². The molecular weight excluding hydrogens is 364 g/mol. The standard InChI is InChI=1S/C17H29FNO6P/c1-17(2,3)15(20)24-11-25-16(21)19-14(18)8-7-12-5-4-6-13(9-12)10-26(22)23/h12-14H,4-11H2,1-3H3,(H-,19,21,22,23)/p+1. The lowest BCUT2D eigenvalue weighted by molar-refractivity contribution is -0.161. The van der Waals surface area contributed by atoms with E-state index in [1.807, 2.05) is 0 Å². The van der Waals surface area contributed by atoms with Gasteiger partial charge in [-0.25, -0.2) is 9.18 Å². The molecule has 7 nitrogen and oxygen atoms in total. The van der Waals surface area contributed by atoms with Crippen LogP contribution in [0.3, 0.4) is 0 Å². The molecule has 0 saturated heterocycles. The number of nitrogens with one attached hydrogen (secondary N) is 1. The third kappa shape index (κ3) is 9.43. The molecule has 150 valence electrons. The van der Waals surface area contributed by atoms with Crippen LogP contribution in [0.15, 0.2) is 0 Å². The van der Waals surface area contributed by atoms with Gasteiger partial charge in [-0.15, -0.1) is 0 Å². The maximum atomic E-state index is 13.9. The molecule has 0 aromatic carbocycles. The average molecular weight is 394 g/mol. The summed E-state index contributed by atoms with van der Waals surface area (Å²) in [5.74, 6) is 0.00179. The maximum Gasteiger partial charge on any atom is 0.505 e. The van der Waals surface area contributed by atoms with E-state index in [0.29, 0.717) is 18.5 Å². The Hall–Kier alpha value is -1.27. The lowest BCUT2D eigenvalue weighted by Gasteiger charge is -2.27. The highest BCUT2D eigenvalue weighted by atomic mass is 31.1. The van der Waals surface area contributed by atoms with Crippen molar-refractivity contribution in [2.45, 2.75) is 65.6 Å². The van der Waals surface area contributed by atoms with Crippen LogP contribution in [0.4, 0.5) is 9.18 Å². The van der Waals surface area contributed by atoms with E-state index in [2.05, 4.69) is 10.1 Å². The Kier molecular flexibility index (Phi) is 9.44. The van der Waals surface area contributed by atoms with Gasteiger partial charge in [0.15, 0.2) is 12.5 Å². The summed E-state index contributed by atoms with van der Waals surface area (Å²) in [6.45, 7) is 4.45. The van der Waals surface area contributed by atoms with Gasteiger partial charge in [0.05, 0.1) is 5.41 Å². The van der Waals surface area contributed by atoms with E-state index in [9.17, 15) is 18.5 Å². The second kappa shape index (κ2) is 10.8. The molecule has 1 rings (SSSR count). The summed E-state index contributed by atoms with van der Waals surface area (Å²) < 4.78 is 34.2. The van der Waals surface area contributed by atoms with E-state index < -0.39 is 38.6 Å². The summed E-state index contributed by atoms with van der Waals surface area (Å²) in [5.41, 5.74) is -0.705. The van der Waals surface area contributed by atoms with Gasteiger partial charge in [0, 0.05) is 5.92 Å². The first-order valence-corrected chi connectivity index (χ1v) is 10.4. The fourth-order valence-corrected chi connectivity index (χ4v) is 3.80. The molecule has 26 heavy (non-hydrogen) atoms. The fourth-order valence-electron chi connectivity index (χ4n) is 3.03. The number of carbonyl (C=O) groups is 2. The summed E-state index contributed by atoms with van der Waals surface area (Å²) in [6.07, 6.45) is 2.24. The number of ether oxygens (including phenoxy) is 2. The molecule has 0 aromatic rings. The molecule has 0 bridgehead atoms. The molecule has 0 heterocycles. The van der Waals surface area contributed by atoms with Gasteiger partial charge in [0.25, 0.3) is 0 Å². The molecule has 9 heteroatoms. The first-order valence-electron chi connectivity index (χ1n) is 8.96. The van der Waals surface area contributed by atoms with Crippen molar-refractivity contribution in [2.24, 2.45) is 17.3 Å². The molecule has 0 radical (unpaired) electrons. The zero-order valence-corrected chi connectivity index (χ0v) is 16.6. The Morgan fingerprint density at radius 3 is 2.54 bits per heavy atom. The molecular formula is C17H30FNO6P+. The van der Waals surface area contributed by atoms with Crippen LogP contribution in [0, 0.1) is 17.3 Å². The summed E-state index contributed by atoms with van der Waals surface area (Å²) in [6, 6.07) is 0. The highest BCUT2D eigenvalue weighted by molar-refractivity contribution is 7.38. The number of rotatable bonds is 8. The Morgan fingerprint density at radius 1 is 1.27 bits per heavy atom. The average Bonchev–Trinajstić information content (AvgIpc) is 2.51. The first kappa shape index (κ1) is 22.8. The lowest BCUT2D eigenvalue weighted by atomic mass is 9.80. The molecule has 1 aliphatic carbocycles. The smallest absolute Gasteiger partial charge is 0.427 e. The third-order valence-electron chi connectivity index (χ3n) is 4.40. The molecule has 1 fully saturated rings. The molecule has 0 spiro atoms.